The molecule has 0 aliphatic rings. The molecular weight excluding hydrogens is 256 g/mol. The molecule has 0 aliphatic carbocycles. The van der Waals surface area contributed by atoms with Crippen molar-refractivity contribution >= 4 is 11.9 Å². The lowest BCUT2D eigenvalue weighted by Crippen LogP contribution is -2.43. The number of hydrogen-bond donors (Lipinski definition) is 3. The molecule has 0 aromatic heterocycles. The summed E-state index contributed by atoms with van der Waals surface area (Å²) in [4.78, 5) is 22.9. The molecule has 0 bridgehead atoms. The maximum atomic E-state index is 12.0. The lowest BCUT2D eigenvalue weighted by atomic mass is 10.0. The van der Waals surface area contributed by atoms with Crippen LogP contribution < -0.4 is 11.1 Å². The summed E-state index contributed by atoms with van der Waals surface area (Å²) < 4.78 is 0. The second kappa shape index (κ2) is 7.65. The molecule has 20 heavy (non-hydrogen) atoms. The zero-order valence-corrected chi connectivity index (χ0v) is 11.9. The number of hydrogen-bond acceptors (Lipinski definition) is 3. The third kappa shape index (κ3) is 5.40. The Bertz CT molecular complexity index is 446. The fourth-order valence-electron chi connectivity index (χ4n) is 2.01. The maximum absolute atomic E-state index is 12.0. The van der Waals surface area contributed by atoms with Crippen molar-refractivity contribution in [2.45, 2.75) is 38.8 Å². The Morgan fingerprint density at radius 1 is 1.25 bits per heavy atom. The minimum Gasteiger partial charge on any atom is -0.481 e. The molecule has 5 nitrogen and oxygen atoms in total. The van der Waals surface area contributed by atoms with E-state index in [1.165, 1.54) is 0 Å². The summed E-state index contributed by atoms with van der Waals surface area (Å²) >= 11 is 0. The van der Waals surface area contributed by atoms with Gasteiger partial charge in [0.05, 0.1) is 18.5 Å². The standard InChI is InChI=1S/C15H22N2O3/c1-10(2)8-12(16)15(20)17-13(9-14(18)19)11-6-4-3-5-7-11/h3-7,10,12-13H,8-9,16H2,1-2H3,(H,17,20)(H,18,19). The van der Waals surface area contributed by atoms with Crippen LogP contribution >= 0.6 is 0 Å². The third-order valence-electron chi connectivity index (χ3n) is 2.96. The molecule has 110 valence electrons. The molecule has 0 saturated carbocycles. The van der Waals surface area contributed by atoms with E-state index in [0.717, 1.165) is 5.56 Å². The first kappa shape index (κ1) is 16.2. The molecule has 1 aromatic rings. The Balaban J connectivity index is 2.75. The molecule has 2 unspecified atom stereocenters. The molecular formula is C15H22N2O3. The highest BCUT2D eigenvalue weighted by Gasteiger charge is 2.21. The van der Waals surface area contributed by atoms with Gasteiger partial charge in [-0.25, -0.2) is 0 Å². The molecule has 2 atom stereocenters. The van der Waals surface area contributed by atoms with Crippen molar-refractivity contribution in [2.75, 3.05) is 0 Å². The molecule has 0 fully saturated rings. The summed E-state index contributed by atoms with van der Waals surface area (Å²) in [7, 11) is 0. The molecule has 0 aliphatic heterocycles. The first-order chi connectivity index (χ1) is 9.40. The largest absolute Gasteiger partial charge is 0.481 e. The lowest BCUT2D eigenvalue weighted by molar-refractivity contribution is -0.137. The number of rotatable bonds is 7. The summed E-state index contributed by atoms with van der Waals surface area (Å²) in [6.45, 7) is 3.97. The number of carbonyl (C=O) groups is 2. The predicted octanol–water partition coefficient (Wildman–Crippen LogP) is 1.69. The van der Waals surface area contributed by atoms with Gasteiger partial charge in [-0.15, -0.1) is 0 Å². The number of amides is 1. The summed E-state index contributed by atoms with van der Waals surface area (Å²) in [5.41, 5.74) is 6.58. The molecule has 1 aromatic carbocycles. The van der Waals surface area contributed by atoms with Crippen LogP contribution in [0, 0.1) is 5.92 Å². The number of carboxylic acid groups (broad SMARTS) is 1. The third-order valence-corrected chi connectivity index (χ3v) is 2.96. The van der Waals surface area contributed by atoms with Gasteiger partial charge in [-0.2, -0.15) is 0 Å². The SMILES string of the molecule is CC(C)CC(N)C(=O)NC(CC(=O)O)c1ccccc1. The van der Waals surface area contributed by atoms with Gasteiger partial charge in [0.15, 0.2) is 0 Å². The van der Waals surface area contributed by atoms with E-state index in [1.807, 2.05) is 32.0 Å². The lowest BCUT2D eigenvalue weighted by Gasteiger charge is -2.21. The van der Waals surface area contributed by atoms with Crippen LogP contribution in [0.1, 0.15) is 38.3 Å². The van der Waals surface area contributed by atoms with Crippen molar-refractivity contribution in [1.29, 1.82) is 0 Å². The first-order valence-corrected chi connectivity index (χ1v) is 6.72. The quantitative estimate of drug-likeness (QED) is 0.707. The van der Waals surface area contributed by atoms with Crippen LogP contribution in [0.25, 0.3) is 0 Å². The summed E-state index contributed by atoms with van der Waals surface area (Å²) in [5.74, 6) is -0.962. The van der Waals surface area contributed by atoms with E-state index >= 15 is 0 Å². The number of nitrogens with one attached hydrogen (secondary N) is 1. The van der Waals surface area contributed by atoms with Gasteiger partial charge in [0.2, 0.25) is 5.91 Å². The predicted molar refractivity (Wildman–Crippen MR) is 77.0 cm³/mol. The van der Waals surface area contributed by atoms with Crippen molar-refractivity contribution in [3.05, 3.63) is 35.9 Å². The van der Waals surface area contributed by atoms with Crippen LogP contribution in [-0.4, -0.2) is 23.0 Å². The molecule has 0 spiro atoms. The Morgan fingerprint density at radius 2 is 1.85 bits per heavy atom. The molecule has 0 saturated heterocycles. The Morgan fingerprint density at radius 3 is 2.35 bits per heavy atom. The van der Waals surface area contributed by atoms with Gasteiger partial charge in [-0.3, -0.25) is 9.59 Å². The van der Waals surface area contributed by atoms with E-state index in [1.54, 1.807) is 12.1 Å². The van der Waals surface area contributed by atoms with Gasteiger partial charge in [0.25, 0.3) is 0 Å². The highest BCUT2D eigenvalue weighted by atomic mass is 16.4. The highest BCUT2D eigenvalue weighted by molar-refractivity contribution is 5.82. The number of nitrogens with two attached hydrogens (primary N) is 1. The molecule has 1 amide bonds. The first-order valence-electron chi connectivity index (χ1n) is 6.72. The Kier molecular flexibility index (Phi) is 6.18. The van der Waals surface area contributed by atoms with Crippen LogP contribution in [-0.2, 0) is 9.59 Å². The van der Waals surface area contributed by atoms with E-state index in [0.29, 0.717) is 12.3 Å². The smallest absolute Gasteiger partial charge is 0.305 e. The van der Waals surface area contributed by atoms with Gasteiger partial charge in [0, 0.05) is 0 Å². The number of carbonyl (C=O) groups excluding carboxylic acids is 1. The summed E-state index contributed by atoms with van der Waals surface area (Å²) in [6.07, 6.45) is 0.407. The molecule has 0 radical (unpaired) electrons. The second-order valence-electron chi connectivity index (χ2n) is 5.31. The van der Waals surface area contributed by atoms with E-state index in [4.69, 9.17) is 10.8 Å². The monoisotopic (exact) mass is 278 g/mol. The van der Waals surface area contributed by atoms with E-state index < -0.39 is 18.1 Å². The van der Waals surface area contributed by atoms with Gasteiger partial charge in [0.1, 0.15) is 0 Å². The molecule has 4 N–H and O–H groups in total. The fraction of sp³-hybridized carbons (Fsp3) is 0.467. The van der Waals surface area contributed by atoms with Crippen LogP contribution in [0.3, 0.4) is 0 Å². The second-order valence-corrected chi connectivity index (χ2v) is 5.31. The van der Waals surface area contributed by atoms with Gasteiger partial charge in [-0.1, -0.05) is 44.2 Å². The van der Waals surface area contributed by atoms with Crippen molar-refractivity contribution in [1.82, 2.24) is 5.32 Å². The van der Waals surface area contributed by atoms with E-state index in [-0.39, 0.29) is 12.3 Å². The summed E-state index contributed by atoms with van der Waals surface area (Å²) in [5, 5.41) is 11.7. The van der Waals surface area contributed by atoms with Crippen molar-refractivity contribution in [3.8, 4) is 0 Å². The van der Waals surface area contributed by atoms with Gasteiger partial charge < -0.3 is 16.2 Å². The maximum Gasteiger partial charge on any atom is 0.305 e. The Hall–Kier alpha value is -1.88. The van der Waals surface area contributed by atoms with Crippen molar-refractivity contribution in [2.24, 2.45) is 11.7 Å². The minimum atomic E-state index is -0.961. The topological polar surface area (TPSA) is 92.4 Å². The zero-order chi connectivity index (χ0) is 15.1. The zero-order valence-electron chi connectivity index (χ0n) is 11.9. The van der Waals surface area contributed by atoms with E-state index in [9.17, 15) is 9.59 Å². The Labute approximate surface area is 119 Å². The fourth-order valence-corrected chi connectivity index (χ4v) is 2.01. The van der Waals surface area contributed by atoms with Crippen LogP contribution in [0.4, 0.5) is 0 Å². The number of aliphatic carboxylic acids is 1. The molecule has 0 heterocycles. The average Bonchev–Trinajstić information content (AvgIpc) is 2.37. The summed E-state index contributed by atoms with van der Waals surface area (Å²) in [6, 6.07) is 7.88. The van der Waals surface area contributed by atoms with Gasteiger partial charge in [-0.05, 0) is 17.9 Å². The highest BCUT2D eigenvalue weighted by Crippen LogP contribution is 2.17. The van der Waals surface area contributed by atoms with Crippen molar-refractivity contribution < 1.29 is 14.7 Å². The van der Waals surface area contributed by atoms with Crippen molar-refractivity contribution in [3.63, 3.8) is 0 Å². The van der Waals surface area contributed by atoms with E-state index in [2.05, 4.69) is 5.32 Å². The average molecular weight is 278 g/mol. The van der Waals surface area contributed by atoms with Crippen LogP contribution in [0.2, 0.25) is 0 Å². The van der Waals surface area contributed by atoms with Crippen LogP contribution in [0.15, 0.2) is 30.3 Å². The number of benzene rings is 1. The number of carboxylic acids is 1. The van der Waals surface area contributed by atoms with Crippen LogP contribution in [0.5, 0.6) is 0 Å². The molecule has 1 rings (SSSR count). The molecule has 5 heteroatoms. The normalized spacial score (nSPS) is 13.8. The minimum absolute atomic E-state index is 0.163. The van der Waals surface area contributed by atoms with Gasteiger partial charge >= 0.3 is 5.97 Å².